The zero-order valence-corrected chi connectivity index (χ0v) is 13.5. The summed E-state index contributed by atoms with van der Waals surface area (Å²) in [7, 11) is -3.41. The number of hydrogen-bond donors (Lipinski definition) is 2. The van der Waals surface area contributed by atoms with Crippen LogP contribution in [0, 0.1) is 11.8 Å². The highest BCUT2D eigenvalue weighted by Crippen LogP contribution is 2.30. The van der Waals surface area contributed by atoms with Gasteiger partial charge in [0.15, 0.2) is 0 Å². The summed E-state index contributed by atoms with van der Waals surface area (Å²) in [4.78, 5) is 0.940. The van der Waals surface area contributed by atoms with E-state index in [0.717, 1.165) is 12.3 Å². The van der Waals surface area contributed by atoms with Crippen molar-refractivity contribution in [2.24, 2.45) is 11.8 Å². The summed E-state index contributed by atoms with van der Waals surface area (Å²) in [6, 6.07) is 1.54. The van der Waals surface area contributed by atoms with Gasteiger partial charge in [0.1, 0.15) is 0 Å². The van der Waals surface area contributed by atoms with E-state index in [2.05, 4.69) is 11.6 Å². The minimum absolute atomic E-state index is 0.111. The van der Waals surface area contributed by atoms with E-state index < -0.39 is 10.0 Å². The van der Waals surface area contributed by atoms with Crippen molar-refractivity contribution in [1.82, 2.24) is 4.72 Å². The van der Waals surface area contributed by atoms with Crippen LogP contribution < -0.4 is 4.72 Å². The third-order valence-electron chi connectivity index (χ3n) is 4.08. The van der Waals surface area contributed by atoms with Crippen molar-refractivity contribution >= 4 is 21.4 Å². The summed E-state index contributed by atoms with van der Waals surface area (Å²) >= 11 is 1.27. The molecule has 1 fully saturated rings. The molecular weight excluding hydrogens is 294 g/mol. The van der Waals surface area contributed by atoms with Gasteiger partial charge in [0.25, 0.3) is 0 Å². The molecule has 0 saturated heterocycles. The van der Waals surface area contributed by atoms with Gasteiger partial charge in [-0.15, -0.1) is 11.3 Å². The molecule has 0 aliphatic heterocycles. The van der Waals surface area contributed by atoms with E-state index in [1.54, 1.807) is 5.38 Å². The van der Waals surface area contributed by atoms with Crippen molar-refractivity contribution in [2.75, 3.05) is 6.54 Å². The van der Waals surface area contributed by atoms with Gasteiger partial charge in [0, 0.05) is 16.8 Å². The van der Waals surface area contributed by atoms with E-state index in [-0.39, 0.29) is 11.5 Å². The van der Waals surface area contributed by atoms with Gasteiger partial charge in [-0.05, 0) is 24.3 Å². The molecule has 1 aliphatic rings. The molecule has 2 rings (SSSR count). The minimum atomic E-state index is -3.41. The Morgan fingerprint density at radius 1 is 1.35 bits per heavy atom. The molecule has 1 saturated carbocycles. The smallest absolute Gasteiger partial charge is 0.241 e. The minimum Gasteiger partial charge on any atom is -0.391 e. The number of aliphatic hydroxyl groups excluding tert-OH is 1. The second kappa shape index (κ2) is 7.02. The largest absolute Gasteiger partial charge is 0.391 e. The zero-order valence-electron chi connectivity index (χ0n) is 11.8. The summed E-state index contributed by atoms with van der Waals surface area (Å²) in [6.07, 6.45) is 5.89. The predicted octanol–water partition coefficient (Wildman–Crippen LogP) is 2.74. The van der Waals surface area contributed by atoms with Crippen molar-refractivity contribution in [1.29, 1.82) is 0 Å². The van der Waals surface area contributed by atoms with Gasteiger partial charge in [-0.3, -0.25) is 0 Å². The summed E-state index contributed by atoms with van der Waals surface area (Å²) in [5.74, 6) is 1.48. The summed E-state index contributed by atoms with van der Waals surface area (Å²) in [6.45, 7) is 2.68. The van der Waals surface area contributed by atoms with Crippen LogP contribution >= 0.6 is 11.3 Å². The first-order chi connectivity index (χ1) is 9.51. The first kappa shape index (κ1) is 15.9. The Bertz CT molecular complexity index is 516. The molecule has 0 radical (unpaired) electrons. The molecule has 0 unspecified atom stereocenters. The molecule has 1 aromatic rings. The van der Waals surface area contributed by atoms with Crippen molar-refractivity contribution in [2.45, 2.75) is 50.5 Å². The lowest BCUT2D eigenvalue weighted by Crippen LogP contribution is -2.26. The maximum atomic E-state index is 12.1. The van der Waals surface area contributed by atoms with Crippen LogP contribution in [0.4, 0.5) is 0 Å². The SMILES string of the molecule is CC1CCC(CCNS(=O)(=O)c2csc(CO)c2)CC1. The fourth-order valence-corrected chi connectivity index (χ4v) is 4.86. The van der Waals surface area contributed by atoms with E-state index in [9.17, 15) is 8.42 Å². The number of thiophene rings is 1. The number of aliphatic hydroxyl groups is 1. The number of nitrogens with one attached hydrogen (secondary N) is 1. The average Bonchev–Trinajstić information content (AvgIpc) is 2.90. The number of sulfonamides is 1. The van der Waals surface area contributed by atoms with Crippen LogP contribution in [0.1, 0.15) is 43.9 Å². The van der Waals surface area contributed by atoms with Crippen LogP contribution in [-0.2, 0) is 16.6 Å². The fourth-order valence-electron chi connectivity index (χ4n) is 2.68. The number of hydrogen-bond acceptors (Lipinski definition) is 4. The van der Waals surface area contributed by atoms with E-state index in [1.165, 1.54) is 43.1 Å². The summed E-state index contributed by atoms with van der Waals surface area (Å²) < 4.78 is 26.8. The standard InChI is InChI=1S/C14H23NO3S2/c1-11-2-4-12(5-3-11)6-7-15-20(17,18)14-8-13(9-16)19-10-14/h8,10-12,15-16H,2-7,9H2,1H3. The van der Waals surface area contributed by atoms with Gasteiger partial charge in [0.05, 0.1) is 11.5 Å². The van der Waals surface area contributed by atoms with E-state index >= 15 is 0 Å². The number of rotatable bonds is 6. The van der Waals surface area contributed by atoms with Gasteiger partial charge in [-0.1, -0.05) is 32.6 Å². The predicted molar refractivity (Wildman–Crippen MR) is 81.2 cm³/mol. The Labute approximate surface area is 125 Å². The molecule has 1 aliphatic carbocycles. The van der Waals surface area contributed by atoms with Crippen LogP contribution in [0.25, 0.3) is 0 Å². The van der Waals surface area contributed by atoms with E-state index in [4.69, 9.17) is 5.11 Å². The monoisotopic (exact) mass is 317 g/mol. The molecule has 0 aromatic carbocycles. The van der Waals surface area contributed by atoms with E-state index in [0.29, 0.717) is 17.3 Å². The van der Waals surface area contributed by atoms with Crippen LogP contribution in [0.3, 0.4) is 0 Å². The van der Waals surface area contributed by atoms with Crippen LogP contribution in [0.15, 0.2) is 16.3 Å². The topological polar surface area (TPSA) is 66.4 Å². The van der Waals surface area contributed by atoms with Gasteiger partial charge in [-0.2, -0.15) is 0 Å². The molecule has 0 atom stereocenters. The van der Waals surface area contributed by atoms with Crippen LogP contribution in [-0.4, -0.2) is 20.1 Å². The first-order valence-corrected chi connectivity index (χ1v) is 9.55. The Kier molecular flexibility index (Phi) is 5.60. The molecule has 114 valence electrons. The fraction of sp³-hybridized carbons (Fsp3) is 0.714. The Hall–Kier alpha value is -0.430. The molecule has 6 heteroatoms. The molecule has 2 N–H and O–H groups in total. The van der Waals surface area contributed by atoms with Crippen molar-refractivity contribution in [3.8, 4) is 0 Å². The molecule has 20 heavy (non-hydrogen) atoms. The lowest BCUT2D eigenvalue weighted by molar-refractivity contribution is 0.278. The third kappa shape index (κ3) is 4.28. The molecule has 1 heterocycles. The van der Waals surface area contributed by atoms with Gasteiger partial charge in [-0.25, -0.2) is 13.1 Å². The third-order valence-corrected chi connectivity index (χ3v) is 6.59. The Morgan fingerprint density at radius 2 is 2.05 bits per heavy atom. The van der Waals surface area contributed by atoms with Crippen molar-refractivity contribution in [3.05, 3.63) is 16.3 Å². The van der Waals surface area contributed by atoms with Gasteiger partial charge in [0.2, 0.25) is 10.0 Å². The highest BCUT2D eigenvalue weighted by Gasteiger charge is 2.20. The molecule has 4 nitrogen and oxygen atoms in total. The van der Waals surface area contributed by atoms with Gasteiger partial charge >= 0.3 is 0 Å². The first-order valence-electron chi connectivity index (χ1n) is 7.19. The average molecular weight is 317 g/mol. The lowest BCUT2D eigenvalue weighted by Gasteiger charge is -2.26. The van der Waals surface area contributed by atoms with E-state index in [1.807, 2.05) is 0 Å². The highest BCUT2D eigenvalue weighted by molar-refractivity contribution is 7.89. The molecular formula is C14H23NO3S2. The van der Waals surface area contributed by atoms with Crippen LogP contribution in [0.5, 0.6) is 0 Å². The Morgan fingerprint density at radius 3 is 2.65 bits per heavy atom. The van der Waals surface area contributed by atoms with Crippen molar-refractivity contribution in [3.63, 3.8) is 0 Å². The van der Waals surface area contributed by atoms with Gasteiger partial charge < -0.3 is 5.11 Å². The van der Waals surface area contributed by atoms with Crippen molar-refractivity contribution < 1.29 is 13.5 Å². The Balaban J connectivity index is 1.80. The lowest BCUT2D eigenvalue weighted by atomic mass is 9.81. The molecule has 0 amide bonds. The maximum absolute atomic E-state index is 12.1. The van der Waals surface area contributed by atoms with Crippen LogP contribution in [0.2, 0.25) is 0 Å². The normalized spacial score (nSPS) is 23.9. The zero-order chi connectivity index (χ0) is 14.6. The summed E-state index contributed by atoms with van der Waals surface area (Å²) in [5.41, 5.74) is 0. The maximum Gasteiger partial charge on any atom is 0.241 e. The molecule has 1 aromatic heterocycles. The highest BCUT2D eigenvalue weighted by atomic mass is 32.2. The molecule has 0 bridgehead atoms. The quantitative estimate of drug-likeness (QED) is 0.848. The summed E-state index contributed by atoms with van der Waals surface area (Å²) in [5, 5.41) is 10.6. The second-order valence-electron chi connectivity index (χ2n) is 5.72. The molecule has 0 spiro atoms. The second-order valence-corrected chi connectivity index (χ2v) is 8.48.